The standard InChI is InChI=1S/C12H10BrNO2S/c13-11-5-4-10(17-11)8(7-12(15)16)9-3-1-2-6-14-9/h1-6,8H,7H2,(H,15,16). The monoisotopic (exact) mass is 311 g/mol. The van der Waals surface area contributed by atoms with Gasteiger partial charge in [0.05, 0.1) is 10.2 Å². The molecule has 0 spiro atoms. The lowest BCUT2D eigenvalue weighted by atomic mass is 9.99. The number of hydrogen-bond donors (Lipinski definition) is 1. The second-order valence-corrected chi connectivity index (χ2v) is 6.04. The number of thiophene rings is 1. The van der Waals surface area contributed by atoms with Crippen LogP contribution < -0.4 is 0 Å². The van der Waals surface area contributed by atoms with Crippen LogP contribution in [0.25, 0.3) is 0 Å². The van der Waals surface area contributed by atoms with Crippen LogP contribution in [0.1, 0.15) is 22.9 Å². The molecule has 1 N–H and O–H groups in total. The zero-order valence-electron chi connectivity index (χ0n) is 8.84. The van der Waals surface area contributed by atoms with Gasteiger partial charge in [-0.1, -0.05) is 6.07 Å². The molecule has 88 valence electrons. The van der Waals surface area contributed by atoms with Crippen molar-refractivity contribution in [2.24, 2.45) is 0 Å². The summed E-state index contributed by atoms with van der Waals surface area (Å²) in [7, 11) is 0. The Balaban J connectivity index is 2.35. The predicted molar refractivity (Wildman–Crippen MR) is 70.4 cm³/mol. The van der Waals surface area contributed by atoms with Gasteiger partial charge in [0, 0.05) is 22.7 Å². The summed E-state index contributed by atoms with van der Waals surface area (Å²) in [6.07, 6.45) is 1.75. The highest BCUT2D eigenvalue weighted by atomic mass is 79.9. The molecule has 17 heavy (non-hydrogen) atoms. The van der Waals surface area contributed by atoms with Gasteiger partial charge in [-0.05, 0) is 40.2 Å². The Kier molecular flexibility index (Phi) is 3.91. The van der Waals surface area contributed by atoms with Crippen LogP contribution in [-0.2, 0) is 4.79 Å². The summed E-state index contributed by atoms with van der Waals surface area (Å²) in [4.78, 5) is 16.2. The normalized spacial score (nSPS) is 12.3. The Bertz CT molecular complexity index is 512. The van der Waals surface area contributed by atoms with Gasteiger partial charge in [0.1, 0.15) is 0 Å². The molecule has 0 aliphatic rings. The third-order valence-electron chi connectivity index (χ3n) is 2.36. The van der Waals surface area contributed by atoms with E-state index in [1.54, 1.807) is 17.5 Å². The highest BCUT2D eigenvalue weighted by Gasteiger charge is 2.20. The molecule has 0 aliphatic heterocycles. The smallest absolute Gasteiger partial charge is 0.304 e. The van der Waals surface area contributed by atoms with Crippen LogP contribution in [0.2, 0.25) is 0 Å². The molecular weight excluding hydrogens is 302 g/mol. The van der Waals surface area contributed by atoms with E-state index < -0.39 is 5.97 Å². The summed E-state index contributed by atoms with van der Waals surface area (Å²) in [6.45, 7) is 0. The molecule has 0 amide bonds. The predicted octanol–water partition coefficient (Wildman–Crippen LogP) is 3.51. The minimum absolute atomic E-state index is 0.0595. The fraction of sp³-hybridized carbons (Fsp3) is 0.167. The zero-order valence-corrected chi connectivity index (χ0v) is 11.2. The maximum absolute atomic E-state index is 10.9. The number of pyridine rings is 1. The Labute approximate surface area is 111 Å². The second kappa shape index (κ2) is 5.42. The van der Waals surface area contributed by atoms with Crippen molar-refractivity contribution in [2.75, 3.05) is 0 Å². The number of nitrogens with zero attached hydrogens (tertiary/aromatic N) is 1. The molecule has 5 heteroatoms. The molecule has 0 bridgehead atoms. The quantitative estimate of drug-likeness (QED) is 0.940. The Morgan fingerprint density at radius 2 is 2.24 bits per heavy atom. The molecule has 2 heterocycles. The fourth-order valence-electron chi connectivity index (χ4n) is 1.62. The number of halogens is 1. The molecule has 0 radical (unpaired) electrons. The molecule has 1 unspecified atom stereocenters. The van der Waals surface area contributed by atoms with Crippen molar-refractivity contribution in [3.05, 3.63) is 50.9 Å². The Morgan fingerprint density at radius 1 is 1.41 bits per heavy atom. The highest BCUT2D eigenvalue weighted by Crippen LogP contribution is 2.34. The van der Waals surface area contributed by atoms with Crippen LogP contribution in [0, 0.1) is 0 Å². The van der Waals surface area contributed by atoms with E-state index >= 15 is 0 Å². The van der Waals surface area contributed by atoms with E-state index in [2.05, 4.69) is 20.9 Å². The van der Waals surface area contributed by atoms with Crippen LogP contribution in [0.15, 0.2) is 40.3 Å². The first-order valence-electron chi connectivity index (χ1n) is 5.05. The number of carboxylic acids is 1. The van der Waals surface area contributed by atoms with Gasteiger partial charge in [0.25, 0.3) is 0 Å². The zero-order chi connectivity index (χ0) is 12.3. The van der Waals surface area contributed by atoms with Crippen molar-refractivity contribution in [2.45, 2.75) is 12.3 Å². The van der Waals surface area contributed by atoms with Crippen molar-refractivity contribution in [3.63, 3.8) is 0 Å². The summed E-state index contributed by atoms with van der Waals surface area (Å²) < 4.78 is 0.999. The van der Waals surface area contributed by atoms with Crippen molar-refractivity contribution >= 4 is 33.2 Å². The van der Waals surface area contributed by atoms with E-state index in [4.69, 9.17) is 5.11 Å². The van der Waals surface area contributed by atoms with Gasteiger partial charge >= 0.3 is 5.97 Å². The lowest BCUT2D eigenvalue weighted by Crippen LogP contribution is -2.07. The van der Waals surface area contributed by atoms with Crippen LogP contribution in [0.3, 0.4) is 0 Å². The average molecular weight is 312 g/mol. The number of aromatic nitrogens is 1. The first-order valence-corrected chi connectivity index (χ1v) is 6.65. The van der Waals surface area contributed by atoms with E-state index in [-0.39, 0.29) is 12.3 Å². The minimum Gasteiger partial charge on any atom is -0.481 e. The fourth-order valence-corrected chi connectivity index (χ4v) is 3.16. The number of carboxylic acid groups (broad SMARTS) is 1. The number of rotatable bonds is 4. The third-order valence-corrected chi connectivity index (χ3v) is 4.10. The lowest BCUT2D eigenvalue weighted by molar-refractivity contribution is -0.137. The second-order valence-electron chi connectivity index (χ2n) is 3.55. The number of aliphatic carboxylic acids is 1. The van der Waals surface area contributed by atoms with Gasteiger partial charge in [-0.3, -0.25) is 9.78 Å². The molecule has 2 aromatic rings. The molecule has 0 aromatic carbocycles. The molecule has 1 atom stereocenters. The lowest BCUT2D eigenvalue weighted by Gasteiger charge is -2.12. The summed E-state index contributed by atoms with van der Waals surface area (Å²) in [5.74, 6) is -0.991. The van der Waals surface area contributed by atoms with E-state index in [0.29, 0.717) is 0 Å². The van der Waals surface area contributed by atoms with Crippen molar-refractivity contribution in [3.8, 4) is 0 Å². The molecule has 0 fully saturated rings. The SMILES string of the molecule is O=C(O)CC(c1ccccn1)c1ccc(Br)s1. The average Bonchev–Trinajstić information content (AvgIpc) is 2.73. The maximum Gasteiger partial charge on any atom is 0.304 e. The first-order chi connectivity index (χ1) is 8.16. The van der Waals surface area contributed by atoms with E-state index in [0.717, 1.165) is 14.4 Å². The van der Waals surface area contributed by atoms with Crippen molar-refractivity contribution < 1.29 is 9.90 Å². The maximum atomic E-state index is 10.9. The van der Waals surface area contributed by atoms with Crippen LogP contribution in [0.4, 0.5) is 0 Å². The van der Waals surface area contributed by atoms with Crippen LogP contribution in [-0.4, -0.2) is 16.1 Å². The minimum atomic E-state index is -0.815. The molecule has 2 rings (SSSR count). The number of carbonyl (C=O) groups is 1. The number of hydrogen-bond acceptors (Lipinski definition) is 3. The molecule has 0 saturated carbocycles. The molecule has 0 aliphatic carbocycles. The van der Waals surface area contributed by atoms with Gasteiger partial charge in [0.15, 0.2) is 0 Å². The molecular formula is C12H10BrNO2S. The molecule has 3 nitrogen and oxygen atoms in total. The summed E-state index contributed by atoms with van der Waals surface area (Å²) in [5, 5.41) is 8.98. The Hall–Kier alpha value is -1.20. The third kappa shape index (κ3) is 3.14. The van der Waals surface area contributed by atoms with Gasteiger partial charge < -0.3 is 5.11 Å². The van der Waals surface area contributed by atoms with Crippen LogP contribution in [0.5, 0.6) is 0 Å². The first kappa shape index (κ1) is 12.3. The van der Waals surface area contributed by atoms with E-state index in [9.17, 15) is 4.79 Å². The largest absolute Gasteiger partial charge is 0.481 e. The van der Waals surface area contributed by atoms with Crippen molar-refractivity contribution in [1.29, 1.82) is 0 Å². The topological polar surface area (TPSA) is 50.2 Å². The van der Waals surface area contributed by atoms with E-state index in [1.807, 2.05) is 30.3 Å². The molecule has 2 aromatic heterocycles. The van der Waals surface area contributed by atoms with Gasteiger partial charge in [0.2, 0.25) is 0 Å². The summed E-state index contributed by atoms with van der Waals surface area (Å²) in [6, 6.07) is 9.43. The highest BCUT2D eigenvalue weighted by molar-refractivity contribution is 9.11. The van der Waals surface area contributed by atoms with E-state index in [1.165, 1.54) is 0 Å². The Morgan fingerprint density at radius 3 is 2.76 bits per heavy atom. The van der Waals surface area contributed by atoms with Crippen LogP contribution >= 0.6 is 27.3 Å². The summed E-state index contributed by atoms with van der Waals surface area (Å²) in [5.41, 5.74) is 0.796. The van der Waals surface area contributed by atoms with Gasteiger partial charge in [-0.25, -0.2) is 0 Å². The van der Waals surface area contributed by atoms with Crippen molar-refractivity contribution in [1.82, 2.24) is 4.98 Å². The summed E-state index contributed by atoms with van der Waals surface area (Å²) >= 11 is 4.94. The van der Waals surface area contributed by atoms with Gasteiger partial charge in [-0.15, -0.1) is 11.3 Å². The molecule has 0 saturated heterocycles. The van der Waals surface area contributed by atoms with Gasteiger partial charge in [-0.2, -0.15) is 0 Å².